The number of ketones is 2. The van der Waals surface area contributed by atoms with Gasteiger partial charge in [0, 0.05) is 47.0 Å². The van der Waals surface area contributed by atoms with Crippen molar-refractivity contribution in [2.24, 2.45) is 0 Å². The lowest BCUT2D eigenvalue weighted by Gasteiger charge is -2.14. The molecule has 0 spiro atoms. The third-order valence-corrected chi connectivity index (χ3v) is 9.34. The fraction of sp³-hybridized carbons (Fsp3) is 0.488. The van der Waals surface area contributed by atoms with E-state index in [1.807, 2.05) is 25.1 Å². The SMILES string of the molecule is COCCCCCC(C)=O.COCc1ccc2c(c1)C(=O)N(c1ccc(C(C)=O)cc1)C2=O.CO[C@H]1CO[C@@H]2[C@H]1OC[C@H]2OC.COc1ccc(OC)c(C)c1. The third-order valence-electron chi connectivity index (χ3n) is 9.34. The Morgan fingerprint density at radius 3 is 1.84 bits per heavy atom. The number of amides is 2. The lowest BCUT2D eigenvalue weighted by atomic mass is 10.1. The van der Waals surface area contributed by atoms with Crippen molar-refractivity contribution in [3.05, 3.63) is 88.5 Å². The number of methoxy groups -OCH3 is 6. The minimum atomic E-state index is -0.362. The van der Waals surface area contributed by atoms with Gasteiger partial charge in [-0.05, 0) is 99.3 Å². The van der Waals surface area contributed by atoms with Crippen molar-refractivity contribution in [2.75, 3.05) is 67.4 Å². The monoisotopic (exact) mass is 779 g/mol. The number of carbonyl (C=O) groups excluding carboxylic acids is 4. The van der Waals surface area contributed by atoms with Crippen LogP contribution >= 0.6 is 0 Å². The van der Waals surface area contributed by atoms with Crippen LogP contribution in [0.15, 0.2) is 60.7 Å². The van der Waals surface area contributed by atoms with E-state index in [2.05, 4.69) is 0 Å². The van der Waals surface area contributed by atoms with E-state index in [0.29, 0.717) is 42.2 Å². The quantitative estimate of drug-likeness (QED) is 0.101. The van der Waals surface area contributed by atoms with Crippen LogP contribution in [-0.4, -0.2) is 110 Å². The van der Waals surface area contributed by atoms with Gasteiger partial charge in [-0.2, -0.15) is 0 Å². The summed E-state index contributed by atoms with van der Waals surface area (Å²) in [6.45, 7) is 7.52. The summed E-state index contributed by atoms with van der Waals surface area (Å²) in [4.78, 5) is 48.0. The molecule has 0 aromatic heterocycles. The molecule has 3 heterocycles. The zero-order valence-corrected chi connectivity index (χ0v) is 34.1. The molecule has 2 saturated heterocycles. The molecule has 0 N–H and O–H groups in total. The average molecular weight is 780 g/mol. The summed E-state index contributed by atoms with van der Waals surface area (Å²) in [7, 11) is 9.95. The molecule has 56 heavy (non-hydrogen) atoms. The number of carbonyl (C=O) groups is 4. The largest absolute Gasteiger partial charge is 0.497 e. The van der Waals surface area contributed by atoms with Crippen LogP contribution in [0, 0.1) is 6.92 Å². The summed E-state index contributed by atoms with van der Waals surface area (Å²) in [6, 6.07) is 17.3. The van der Waals surface area contributed by atoms with E-state index in [1.54, 1.807) is 92.0 Å². The minimum Gasteiger partial charge on any atom is -0.497 e. The van der Waals surface area contributed by atoms with Gasteiger partial charge in [-0.1, -0.05) is 12.5 Å². The number of hydrogen-bond donors (Lipinski definition) is 0. The van der Waals surface area contributed by atoms with Gasteiger partial charge in [0.1, 0.15) is 41.7 Å². The van der Waals surface area contributed by atoms with Crippen molar-refractivity contribution in [1.29, 1.82) is 0 Å². The fourth-order valence-electron chi connectivity index (χ4n) is 6.23. The molecule has 13 nitrogen and oxygen atoms in total. The lowest BCUT2D eigenvalue weighted by molar-refractivity contribution is -0.117. The molecule has 0 saturated carbocycles. The van der Waals surface area contributed by atoms with E-state index < -0.39 is 0 Å². The molecule has 0 unspecified atom stereocenters. The van der Waals surface area contributed by atoms with Crippen LogP contribution in [0.25, 0.3) is 0 Å². The first-order valence-corrected chi connectivity index (χ1v) is 18.5. The van der Waals surface area contributed by atoms with E-state index in [0.717, 1.165) is 59.8 Å². The molecule has 3 aromatic rings. The van der Waals surface area contributed by atoms with Gasteiger partial charge in [0.15, 0.2) is 5.78 Å². The number of Topliss-reactive ketones (excluding diaryl/α,β-unsaturated/α-hetero) is 2. The fourth-order valence-corrected chi connectivity index (χ4v) is 6.23. The Balaban J connectivity index is 0.000000217. The van der Waals surface area contributed by atoms with Crippen LogP contribution in [0.3, 0.4) is 0 Å². The molecule has 2 fully saturated rings. The smallest absolute Gasteiger partial charge is 0.266 e. The lowest BCUT2D eigenvalue weighted by Crippen LogP contribution is -2.32. The Hall–Kier alpha value is -4.50. The van der Waals surface area contributed by atoms with E-state index in [4.69, 9.17) is 37.9 Å². The van der Waals surface area contributed by atoms with Gasteiger partial charge < -0.3 is 42.7 Å². The number of benzene rings is 3. The third kappa shape index (κ3) is 12.8. The predicted molar refractivity (Wildman–Crippen MR) is 211 cm³/mol. The first kappa shape index (κ1) is 45.9. The van der Waals surface area contributed by atoms with E-state index in [-0.39, 0.29) is 47.8 Å². The van der Waals surface area contributed by atoms with Gasteiger partial charge in [-0.25, -0.2) is 4.90 Å². The molecule has 13 heteroatoms. The highest BCUT2D eigenvalue weighted by Gasteiger charge is 2.48. The van der Waals surface area contributed by atoms with Crippen LogP contribution in [0.5, 0.6) is 11.5 Å². The molecule has 3 aliphatic rings. The van der Waals surface area contributed by atoms with Crippen LogP contribution < -0.4 is 14.4 Å². The van der Waals surface area contributed by atoms with Crippen molar-refractivity contribution < 1.29 is 57.1 Å². The van der Waals surface area contributed by atoms with Gasteiger partial charge in [0.05, 0.1) is 50.9 Å². The van der Waals surface area contributed by atoms with Crippen LogP contribution in [0.4, 0.5) is 5.69 Å². The van der Waals surface area contributed by atoms with Crippen LogP contribution in [-0.2, 0) is 39.8 Å². The number of anilines is 1. The summed E-state index contributed by atoms with van der Waals surface area (Å²) < 4.78 is 41.5. The Kier molecular flexibility index (Phi) is 19.3. The van der Waals surface area contributed by atoms with E-state index in [1.165, 1.54) is 6.92 Å². The second-order valence-electron chi connectivity index (χ2n) is 13.3. The van der Waals surface area contributed by atoms with Crippen molar-refractivity contribution in [3.8, 4) is 11.5 Å². The normalized spacial score (nSPS) is 19.1. The number of ether oxygens (including phenoxy) is 8. The van der Waals surface area contributed by atoms with Crippen molar-refractivity contribution in [2.45, 2.75) is 77.5 Å². The van der Waals surface area contributed by atoms with E-state index in [9.17, 15) is 19.2 Å². The van der Waals surface area contributed by atoms with Gasteiger partial charge >= 0.3 is 0 Å². The Morgan fingerprint density at radius 2 is 1.34 bits per heavy atom. The molecule has 0 aliphatic carbocycles. The van der Waals surface area contributed by atoms with Crippen molar-refractivity contribution in [3.63, 3.8) is 0 Å². The first-order chi connectivity index (χ1) is 26.9. The summed E-state index contributed by atoms with van der Waals surface area (Å²) in [5.41, 5.74) is 3.67. The molecule has 0 bridgehead atoms. The highest BCUT2D eigenvalue weighted by Crippen LogP contribution is 2.31. The van der Waals surface area contributed by atoms with Crippen molar-refractivity contribution in [1.82, 2.24) is 0 Å². The molecule has 4 atom stereocenters. The standard InChI is InChI=1S/C18H15NO4.C9H12O2.C8H14O4.C8H16O2/c1-11(20)13-4-6-14(7-5-13)19-17(21)15-8-3-12(10-23-2)9-16(15)18(19)22;1-7-6-8(10-2)4-5-9(7)11-3;1-9-5-3-11-8-6(10-2)4-12-7(5)8;1-8(9)6-4-3-5-7-10-2/h3-9H,10H2,1-2H3;4-6H,1-3H3;5-8H,3-4H2,1-2H3;3-7H2,1-2H3/t;;5-,6+,7-,8-;/m..0./s1. The number of hydrogen-bond acceptors (Lipinski definition) is 12. The highest BCUT2D eigenvalue weighted by atomic mass is 16.6. The summed E-state index contributed by atoms with van der Waals surface area (Å²) in [6.07, 6.45) is 4.21. The molecule has 0 radical (unpaired) electrons. The van der Waals surface area contributed by atoms with Gasteiger partial charge in [0.25, 0.3) is 11.8 Å². The van der Waals surface area contributed by atoms with Gasteiger partial charge in [0.2, 0.25) is 0 Å². The average Bonchev–Trinajstić information content (AvgIpc) is 3.87. The number of aryl methyl sites for hydroxylation is 1. The summed E-state index contributed by atoms with van der Waals surface area (Å²) >= 11 is 0. The number of imide groups is 1. The summed E-state index contributed by atoms with van der Waals surface area (Å²) in [5, 5.41) is 0. The molecule has 3 aromatic carbocycles. The molecular formula is C43H57NO12. The second-order valence-corrected chi connectivity index (χ2v) is 13.3. The summed E-state index contributed by atoms with van der Waals surface area (Å²) in [5.74, 6) is 1.26. The topological polar surface area (TPSA) is 145 Å². The van der Waals surface area contributed by atoms with Crippen LogP contribution in [0.1, 0.15) is 81.7 Å². The maximum atomic E-state index is 12.6. The molecule has 6 rings (SSSR count). The Bertz CT molecular complexity index is 1710. The number of rotatable bonds is 14. The maximum Gasteiger partial charge on any atom is 0.266 e. The molecule has 3 aliphatic heterocycles. The molecular weight excluding hydrogens is 722 g/mol. The van der Waals surface area contributed by atoms with Gasteiger partial charge in [-0.3, -0.25) is 14.4 Å². The highest BCUT2D eigenvalue weighted by molar-refractivity contribution is 6.34. The molecule has 2 amide bonds. The second kappa shape index (κ2) is 23.5. The Labute approximate surface area is 330 Å². The number of nitrogens with zero attached hydrogens (tertiary/aromatic N) is 1. The first-order valence-electron chi connectivity index (χ1n) is 18.5. The zero-order chi connectivity index (χ0) is 41.2. The van der Waals surface area contributed by atoms with Gasteiger partial charge in [-0.15, -0.1) is 0 Å². The van der Waals surface area contributed by atoms with Crippen molar-refractivity contribution >= 4 is 29.1 Å². The number of fused-ring (bicyclic) bond motifs is 2. The molecule has 306 valence electrons. The minimum absolute atomic E-state index is 0.0666. The number of unbranched alkanes of at least 4 members (excludes halogenated alkanes) is 2. The maximum absolute atomic E-state index is 12.6. The Morgan fingerprint density at radius 1 is 0.714 bits per heavy atom. The zero-order valence-electron chi connectivity index (χ0n) is 34.1. The predicted octanol–water partition coefficient (Wildman–Crippen LogP) is 6.44. The van der Waals surface area contributed by atoms with E-state index >= 15 is 0 Å². The van der Waals surface area contributed by atoms with Crippen LogP contribution in [0.2, 0.25) is 0 Å².